The van der Waals surface area contributed by atoms with E-state index in [1.165, 1.54) is 5.56 Å². The van der Waals surface area contributed by atoms with Crippen molar-refractivity contribution >= 4 is 73.3 Å². The molecule has 4 aromatic heterocycles. The summed E-state index contributed by atoms with van der Waals surface area (Å²) < 4.78 is 9.16. The fraction of sp³-hybridized carbons (Fsp3) is 0.213. The first-order valence-corrected chi connectivity index (χ1v) is 21.4. The minimum atomic E-state index is -1.01. The molecule has 1 aliphatic heterocycles. The lowest BCUT2D eigenvalue weighted by atomic mass is 9.80. The number of aromatic nitrogens is 5. The van der Waals surface area contributed by atoms with E-state index in [1.807, 2.05) is 114 Å². The molecule has 0 spiro atoms. The average Bonchev–Trinajstić information content (AvgIpc) is 4.04. The molecule has 8 aromatic rings. The van der Waals surface area contributed by atoms with E-state index in [1.54, 1.807) is 47.9 Å². The van der Waals surface area contributed by atoms with Crippen LogP contribution >= 0.6 is 34.5 Å². The summed E-state index contributed by atoms with van der Waals surface area (Å²) in [6.45, 7) is 5.73. The number of nitrogens with two attached hydrogens (primary N) is 1. The Balaban J connectivity index is 0.000000173. The topological polar surface area (TPSA) is 133 Å². The number of amides is 1. The van der Waals surface area contributed by atoms with Gasteiger partial charge in [0.1, 0.15) is 28.6 Å². The molecular formula is C47H44Cl2N8O3S. The predicted octanol–water partition coefficient (Wildman–Crippen LogP) is 10.1. The lowest BCUT2D eigenvalue weighted by molar-refractivity contribution is 0.122. The third-order valence-corrected chi connectivity index (χ3v) is 12.4. The number of anilines is 2. The molecule has 2 atom stereocenters. The van der Waals surface area contributed by atoms with Crippen LogP contribution in [0, 0.1) is 0 Å². The van der Waals surface area contributed by atoms with Gasteiger partial charge in [0, 0.05) is 54.2 Å². The molecule has 310 valence electrons. The number of fused-ring (bicyclic) bond motifs is 2. The molecular weight excluding hydrogens is 828 g/mol. The molecule has 61 heavy (non-hydrogen) atoms. The molecule has 5 heterocycles. The van der Waals surface area contributed by atoms with Crippen molar-refractivity contribution in [3.8, 4) is 11.1 Å². The zero-order valence-corrected chi connectivity index (χ0v) is 36.4. The largest absolute Gasteiger partial charge is 0.444 e. The standard InChI is InChI=1S/C27H22Cl2N4O.C20H22N4O2S/c1-32-16-31-15-25(32)27(30,18-6-9-20(28)10-7-18)19-8-11-24-23(13-19)22(14-26(34)33(24)2)17-4-3-5-21(29)12-17;1-13(2)14-3-5-15(6-4-14)23-20(25)26-16-7-9-24(11-16)18-17-8-10-27-19(17)22-12-21-18/h3-16H,30H2,1-2H3;3-6,8,10,12-13,16H,7,9,11H2,1-2H3,(H,23,25)/t27-;/m1./s1. The highest BCUT2D eigenvalue weighted by molar-refractivity contribution is 7.16. The van der Waals surface area contributed by atoms with E-state index in [9.17, 15) is 9.59 Å². The number of nitrogens with zero attached hydrogens (tertiary/aromatic N) is 6. The van der Waals surface area contributed by atoms with Crippen LogP contribution in [0.4, 0.5) is 16.3 Å². The van der Waals surface area contributed by atoms with Gasteiger partial charge >= 0.3 is 6.09 Å². The zero-order chi connectivity index (χ0) is 42.8. The maximum absolute atomic E-state index is 12.8. The maximum Gasteiger partial charge on any atom is 0.411 e. The molecule has 11 nitrogen and oxygen atoms in total. The van der Waals surface area contributed by atoms with E-state index in [4.69, 9.17) is 33.7 Å². The molecule has 1 saturated heterocycles. The number of carbonyl (C=O) groups is 1. The Morgan fingerprint density at radius 3 is 2.41 bits per heavy atom. The van der Waals surface area contributed by atoms with Crippen molar-refractivity contribution in [1.82, 2.24) is 24.1 Å². The first-order chi connectivity index (χ1) is 29.4. The number of benzene rings is 4. The number of halogens is 2. The van der Waals surface area contributed by atoms with Crippen LogP contribution in [0.2, 0.25) is 10.0 Å². The second kappa shape index (κ2) is 17.5. The zero-order valence-electron chi connectivity index (χ0n) is 34.0. The first-order valence-electron chi connectivity index (χ1n) is 19.8. The van der Waals surface area contributed by atoms with E-state index in [0.29, 0.717) is 22.5 Å². The van der Waals surface area contributed by atoms with Crippen molar-refractivity contribution < 1.29 is 9.53 Å². The van der Waals surface area contributed by atoms with Crippen LogP contribution < -0.4 is 21.5 Å². The summed E-state index contributed by atoms with van der Waals surface area (Å²) in [4.78, 5) is 41.2. The Morgan fingerprint density at radius 1 is 0.918 bits per heavy atom. The third-order valence-electron chi connectivity index (χ3n) is 11.1. The molecule has 4 aromatic carbocycles. The van der Waals surface area contributed by atoms with Gasteiger partial charge in [0.15, 0.2) is 0 Å². The van der Waals surface area contributed by atoms with Gasteiger partial charge in [-0.2, -0.15) is 0 Å². The quantitative estimate of drug-likeness (QED) is 0.154. The molecule has 3 N–H and O–H groups in total. The van der Waals surface area contributed by atoms with Crippen molar-refractivity contribution in [2.45, 2.75) is 37.8 Å². The summed E-state index contributed by atoms with van der Waals surface area (Å²) in [5, 5.41) is 8.02. The highest BCUT2D eigenvalue weighted by Crippen LogP contribution is 2.38. The van der Waals surface area contributed by atoms with E-state index in [-0.39, 0.29) is 11.7 Å². The van der Waals surface area contributed by atoms with Gasteiger partial charge in [-0.15, -0.1) is 11.3 Å². The van der Waals surface area contributed by atoms with Gasteiger partial charge < -0.3 is 24.5 Å². The minimum absolute atomic E-state index is 0.0985. The van der Waals surface area contributed by atoms with Gasteiger partial charge in [0.25, 0.3) is 5.56 Å². The number of rotatable bonds is 8. The highest BCUT2D eigenvalue weighted by Gasteiger charge is 2.35. The monoisotopic (exact) mass is 870 g/mol. The van der Waals surface area contributed by atoms with Crippen molar-refractivity contribution in [3.05, 3.63) is 170 Å². The third kappa shape index (κ3) is 8.62. The summed E-state index contributed by atoms with van der Waals surface area (Å²) in [7, 11) is 3.68. The number of ether oxygens (including phenoxy) is 1. The molecule has 0 saturated carbocycles. The molecule has 9 rings (SSSR count). The number of pyridine rings is 1. The van der Waals surface area contributed by atoms with Gasteiger partial charge in [0.05, 0.1) is 35.7 Å². The minimum Gasteiger partial charge on any atom is -0.444 e. The molecule has 0 radical (unpaired) electrons. The molecule has 1 fully saturated rings. The Morgan fingerprint density at radius 2 is 1.69 bits per heavy atom. The number of aryl methyl sites for hydroxylation is 2. The summed E-state index contributed by atoms with van der Waals surface area (Å²) in [5.74, 6) is 1.38. The molecule has 1 unspecified atom stereocenters. The van der Waals surface area contributed by atoms with Gasteiger partial charge in [-0.25, -0.2) is 19.7 Å². The molecule has 14 heteroatoms. The second-order valence-electron chi connectivity index (χ2n) is 15.4. The number of thiophene rings is 1. The van der Waals surface area contributed by atoms with Crippen LogP contribution in [0.1, 0.15) is 48.6 Å². The Bertz CT molecular complexity index is 2910. The Kier molecular flexibility index (Phi) is 12.0. The average molecular weight is 872 g/mol. The Labute approximate surface area is 367 Å². The number of carbonyl (C=O) groups excluding carboxylic acids is 1. The van der Waals surface area contributed by atoms with Gasteiger partial charge in [-0.3, -0.25) is 10.1 Å². The first kappa shape index (κ1) is 41.7. The molecule has 1 amide bonds. The fourth-order valence-corrected chi connectivity index (χ4v) is 8.85. The smallest absolute Gasteiger partial charge is 0.411 e. The van der Waals surface area contributed by atoms with E-state index >= 15 is 0 Å². The van der Waals surface area contributed by atoms with Crippen LogP contribution in [-0.4, -0.2) is 49.4 Å². The number of nitrogens with one attached hydrogen (secondary N) is 1. The molecule has 0 bridgehead atoms. The van der Waals surface area contributed by atoms with Crippen LogP contribution in [0.25, 0.3) is 32.2 Å². The van der Waals surface area contributed by atoms with E-state index in [0.717, 1.165) is 73.5 Å². The normalized spacial score (nSPS) is 14.8. The highest BCUT2D eigenvalue weighted by atomic mass is 35.5. The van der Waals surface area contributed by atoms with Crippen molar-refractivity contribution in [2.75, 3.05) is 23.3 Å². The van der Waals surface area contributed by atoms with Crippen molar-refractivity contribution in [1.29, 1.82) is 0 Å². The van der Waals surface area contributed by atoms with Crippen LogP contribution in [-0.2, 0) is 24.4 Å². The Hall–Kier alpha value is -6.05. The van der Waals surface area contributed by atoms with Gasteiger partial charge in [0.2, 0.25) is 0 Å². The van der Waals surface area contributed by atoms with Crippen LogP contribution in [0.3, 0.4) is 0 Å². The summed E-state index contributed by atoms with van der Waals surface area (Å²) in [5.41, 5.74) is 13.1. The maximum atomic E-state index is 12.8. The van der Waals surface area contributed by atoms with E-state index < -0.39 is 11.6 Å². The van der Waals surface area contributed by atoms with Crippen LogP contribution in [0.5, 0.6) is 0 Å². The summed E-state index contributed by atoms with van der Waals surface area (Å²) in [6, 6.07) is 32.5. The van der Waals surface area contributed by atoms with Gasteiger partial charge in [-0.1, -0.05) is 79.5 Å². The SMILES string of the molecule is CC(C)c1ccc(NC(=O)OC2CCN(c3ncnc4sccc34)C2)cc1.Cn1cncc1[C@@](N)(c1ccc(Cl)cc1)c1ccc2c(c1)c(-c1cccc(Cl)c1)cc(=O)n2C. The van der Waals surface area contributed by atoms with Gasteiger partial charge in [-0.05, 0) is 93.7 Å². The second-order valence-corrected chi connectivity index (χ2v) is 17.2. The number of hydrogen-bond donors (Lipinski definition) is 2. The van der Waals surface area contributed by atoms with Crippen LogP contribution in [0.15, 0.2) is 132 Å². The lowest BCUT2D eigenvalue weighted by Crippen LogP contribution is -2.41. The number of hydrogen-bond acceptors (Lipinski definition) is 9. The predicted molar refractivity (Wildman–Crippen MR) is 247 cm³/mol. The van der Waals surface area contributed by atoms with Crippen molar-refractivity contribution in [3.63, 3.8) is 0 Å². The fourth-order valence-electron chi connectivity index (χ4n) is 7.81. The van der Waals surface area contributed by atoms with E-state index in [2.05, 4.69) is 39.0 Å². The molecule has 0 aliphatic carbocycles. The lowest BCUT2D eigenvalue weighted by Gasteiger charge is -2.31. The molecule has 1 aliphatic rings. The van der Waals surface area contributed by atoms with Crippen molar-refractivity contribution in [2.24, 2.45) is 19.8 Å². The summed E-state index contributed by atoms with van der Waals surface area (Å²) >= 11 is 14.1. The number of imidazole rings is 1. The summed E-state index contributed by atoms with van der Waals surface area (Å²) in [6.07, 6.45) is 5.32.